The number of aliphatic hydroxyl groups is 16. The number of rotatable bonds is 98. The summed E-state index contributed by atoms with van der Waals surface area (Å²) < 4.78 is 104. The minimum absolute atomic E-state index is 0.184. The highest BCUT2D eigenvalue weighted by atomic mass is 16.6. The first kappa shape index (κ1) is 120. The zero-order valence-corrected chi connectivity index (χ0v) is 75.5. The van der Waals surface area contributed by atoms with Gasteiger partial charge in [0.25, 0.3) is 0 Å². The van der Waals surface area contributed by atoms with Crippen LogP contribution < -0.4 is 0 Å². The van der Waals surface area contributed by atoms with Gasteiger partial charge in [-0.1, -0.05) is 199 Å². The molecule has 1 heterocycles. The molecule has 0 aliphatic rings. The lowest BCUT2D eigenvalue weighted by molar-refractivity contribution is -0.166. The lowest BCUT2D eigenvalue weighted by atomic mass is 10.0. The molecule has 0 amide bonds. The number of hydrogen-bond donors (Lipinski definition) is 16. The smallest absolute Gasteiger partial charge is 0.305 e. The predicted molar refractivity (Wildman–Crippen MR) is 458 cm³/mol. The minimum Gasteiger partial charge on any atom is -0.463 e. The Morgan fingerprint density at radius 2 is 0.456 bits per heavy atom. The molecule has 1 rings (SSSR count). The molecule has 0 aromatic carbocycles. The van der Waals surface area contributed by atoms with Crippen LogP contribution in [-0.4, -0.2) is 412 Å². The monoisotopic (exact) mass is 1820 g/mol. The Morgan fingerprint density at radius 3 is 0.664 bits per heavy atom. The molecule has 1 aromatic heterocycles. The van der Waals surface area contributed by atoms with Gasteiger partial charge in [-0.3, -0.25) is 9.59 Å². The third kappa shape index (κ3) is 73.1. The molecule has 0 spiro atoms. The third-order valence-corrected chi connectivity index (χ3v) is 19.9. The summed E-state index contributed by atoms with van der Waals surface area (Å²) >= 11 is 0. The van der Waals surface area contributed by atoms with Crippen LogP contribution in [0.5, 0.6) is 0 Å². The van der Waals surface area contributed by atoms with E-state index in [4.69, 9.17) is 80.5 Å². The maximum absolute atomic E-state index is 13.5. The first-order valence-electron chi connectivity index (χ1n) is 46.2. The van der Waals surface area contributed by atoms with E-state index in [1.807, 2.05) is 0 Å². The maximum Gasteiger partial charge on any atom is 0.305 e. The molecule has 0 saturated heterocycles. The van der Waals surface area contributed by atoms with Crippen LogP contribution in [0.4, 0.5) is 0 Å². The van der Waals surface area contributed by atoms with Crippen molar-refractivity contribution in [1.29, 1.82) is 0 Å². The Morgan fingerprint density at radius 1 is 0.264 bits per heavy atom. The number of unbranched alkanes of at least 4 members (excludes halogenated alkanes) is 28. The van der Waals surface area contributed by atoms with E-state index in [0.29, 0.717) is 12.8 Å². The summed E-state index contributed by atoms with van der Waals surface area (Å²) in [5.74, 6) is -0.851. The quantitative estimate of drug-likeness (QED) is 0.0329. The number of esters is 2. The standard InChI is InChI=1S/C87H169N3O35/c1-3-5-7-9-11-13-15-17-19-21-23-25-27-29-31-33-86(107)124-45-70(46-125-87(108)34-32-30-28-26-24-22-20-18-16-14-12-10-8-6-4-2)90-35-69(88-89-90)44-117-83(63-122-84(65-118-79(55-109-47-71(99)36-91)56-110-48-72(100)37-92)66-119-80(57-111-49-73(101)38-93)58-112-50-74(102)39-94)64-123-85(67-120-81(59-113-51-75(103)40-95)60-114-52-76(104)41-96)68-121-82(61-115-53-77(105)42-97)62-116-54-78(106)43-98/h35,70-85,91-106H,3-34,36-68H2,1-2H3. The van der Waals surface area contributed by atoms with E-state index < -0.39 is 176 Å². The van der Waals surface area contributed by atoms with Crippen LogP contribution >= 0.6 is 0 Å². The van der Waals surface area contributed by atoms with E-state index in [2.05, 4.69) is 24.2 Å². The van der Waals surface area contributed by atoms with Gasteiger partial charge >= 0.3 is 11.9 Å². The van der Waals surface area contributed by atoms with Gasteiger partial charge in [0, 0.05) is 12.8 Å². The molecule has 125 heavy (non-hydrogen) atoms. The van der Waals surface area contributed by atoms with Crippen molar-refractivity contribution in [3.63, 3.8) is 0 Å². The van der Waals surface area contributed by atoms with E-state index in [-0.39, 0.29) is 170 Å². The van der Waals surface area contributed by atoms with Crippen LogP contribution in [0.2, 0.25) is 0 Å². The molecule has 8 atom stereocenters. The van der Waals surface area contributed by atoms with Crippen LogP contribution in [0.1, 0.15) is 231 Å². The van der Waals surface area contributed by atoms with Crippen molar-refractivity contribution in [2.24, 2.45) is 0 Å². The molecule has 0 aliphatic carbocycles. The Bertz CT molecular complexity index is 2180. The summed E-state index contributed by atoms with van der Waals surface area (Å²) in [7, 11) is 0. The molecule has 0 saturated carbocycles. The van der Waals surface area contributed by atoms with Gasteiger partial charge in [-0.2, -0.15) is 0 Å². The lowest BCUT2D eigenvalue weighted by Gasteiger charge is -2.29. The van der Waals surface area contributed by atoms with Gasteiger partial charge in [-0.15, -0.1) is 5.10 Å². The van der Waals surface area contributed by atoms with Crippen molar-refractivity contribution in [2.45, 2.75) is 324 Å². The van der Waals surface area contributed by atoms with Crippen LogP contribution in [0.25, 0.3) is 0 Å². The van der Waals surface area contributed by atoms with Crippen LogP contribution in [-0.2, 0) is 96.7 Å². The summed E-state index contributed by atoms with van der Waals surface area (Å²) in [4.78, 5) is 27.0. The van der Waals surface area contributed by atoms with Gasteiger partial charge in [0.05, 0.1) is 211 Å². The normalized spacial score (nSPS) is 15.7. The fourth-order valence-electron chi connectivity index (χ4n) is 12.3. The molecule has 8 unspecified atom stereocenters. The molecular weight excluding hydrogens is 1650 g/mol. The second kappa shape index (κ2) is 86.3. The van der Waals surface area contributed by atoms with E-state index >= 15 is 0 Å². The SMILES string of the molecule is CCCCCCCCCCCCCCCCCC(=O)OCC(COC(=O)CCCCCCCCCCCCCCCCC)n1cc(COC(COC(COC(COCC(O)CO)COCC(O)CO)COC(COCC(O)CO)COCC(O)CO)COC(COC(COCC(O)CO)COCC(O)CO)COC(COCC(O)CO)COCC(O)CO)nn1. The fourth-order valence-corrected chi connectivity index (χ4v) is 12.3. The number of aliphatic hydroxyl groups excluding tert-OH is 16. The molecule has 1 aromatic rings. The highest BCUT2D eigenvalue weighted by Gasteiger charge is 2.28. The number of aromatic nitrogens is 3. The first-order chi connectivity index (χ1) is 60.8. The van der Waals surface area contributed by atoms with Gasteiger partial charge in [0.2, 0.25) is 0 Å². The summed E-state index contributed by atoms with van der Waals surface area (Å²) in [6.07, 6.45) is 19.5. The van der Waals surface area contributed by atoms with Gasteiger partial charge in [0.1, 0.15) is 117 Å². The number of nitrogens with zero attached hydrogens (tertiary/aromatic N) is 3. The van der Waals surface area contributed by atoms with E-state index in [9.17, 15) is 91.3 Å². The van der Waals surface area contributed by atoms with Gasteiger partial charge < -0.3 is 162 Å². The largest absolute Gasteiger partial charge is 0.463 e. The number of hydrogen-bond acceptors (Lipinski definition) is 37. The summed E-state index contributed by atoms with van der Waals surface area (Å²) in [5.41, 5.74) is 0.224. The average Bonchev–Trinajstić information content (AvgIpc) is 1.74. The van der Waals surface area contributed by atoms with Gasteiger partial charge in [0.15, 0.2) is 0 Å². The van der Waals surface area contributed by atoms with Crippen molar-refractivity contribution in [3.05, 3.63) is 11.9 Å². The third-order valence-electron chi connectivity index (χ3n) is 19.9. The van der Waals surface area contributed by atoms with Crippen molar-refractivity contribution in [2.75, 3.05) is 211 Å². The van der Waals surface area contributed by atoms with Crippen LogP contribution in [0.3, 0.4) is 0 Å². The molecule has 38 nitrogen and oxygen atoms in total. The highest BCUT2D eigenvalue weighted by Crippen LogP contribution is 2.20. The van der Waals surface area contributed by atoms with Crippen molar-refractivity contribution < 1.29 is 172 Å². The van der Waals surface area contributed by atoms with Crippen molar-refractivity contribution >= 4 is 11.9 Å². The maximum atomic E-state index is 13.5. The topological polar surface area (TPSA) is 545 Å². The molecule has 0 aliphatic heterocycles. The van der Waals surface area contributed by atoms with E-state index in [0.717, 1.165) is 51.4 Å². The fraction of sp³-hybridized carbons (Fsp3) is 0.954. The second-order valence-electron chi connectivity index (χ2n) is 32.3. The zero-order valence-electron chi connectivity index (χ0n) is 75.5. The van der Waals surface area contributed by atoms with E-state index in [1.165, 1.54) is 133 Å². The lowest BCUT2D eigenvalue weighted by Crippen LogP contribution is -2.40. The molecule has 742 valence electrons. The first-order valence-corrected chi connectivity index (χ1v) is 46.2. The Labute approximate surface area is 742 Å². The van der Waals surface area contributed by atoms with Gasteiger partial charge in [-0.05, 0) is 12.8 Å². The molecule has 0 bridgehead atoms. The number of ether oxygens (including phenoxy) is 17. The number of carbonyl (C=O) groups excluding carboxylic acids is 2. The van der Waals surface area contributed by atoms with Crippen LogP contribution in [0, 0.1) is 0 Å². The highest BCUT2D eigenvalue weighted by molar-refractivity contribution is 5.69. The molecule has 38 heteroatoms. The van der Waals surface area contributed by atoms with Crippen molar-refractivity contribution in [1.82, 2.24) is 15.0 Å². The van der Waals surface area contributed by atoms with Crippen LogP contribution in [0.15, 0.2) is 6.20 Å². The number of carbonyl (C=O) groups is 2. The Balaban J connectivity index is 4.00. The second-order valence-corrected chi connectivity index (χ2v) is 32.3. The summed E-state index contributed by atoms with van der Waals surface area (Å²) in [6, 6.07) is -0.841. The van der Waals surface area contributed by atoms with Gasteiger partial charge in [-0.25, -0.2) is 4.68 Å². The minimum atomic E-state index is -1.26. The average molecular weight is 1820 g/mol. The summed E-state index contributed by atoms with van der Waals surface area (Å²) in [6.45, 7) is -7.99. The Hall–Kier alpha value is -3.16. The van der Waals surface area contributed by atoms with E-state index in [1.54, 1.807) is 6.20 Å². The Kier molecular flexibility index (Phi) is 82.7. The zero-order chi connectivity index (χ0) is 91.7. The predicted octanol–water partition coefficient (Wildman–Crippen LogP) is 2.58. The molecule has 16 N–H and O–H groups in total. The molecule has 0 radical (unpaired) electrons. The molecular formula is C87H169N3O35. The summed E-state index contributed by atoms with van der Waals surface area (Å²) in [5, 5.41) is 166. The molecule has 0 fully saturated rings. The van der Waals surface area contributed by atoms with Crippen molar-refractivity contribution in [3.8, 4) is 0 Å².